The number of anilines is 1. The van der Waals surface area contributed by atoms with Crippen molar-refractivity contribution in [3.05, 3.63) is 36.4 Å². The molecular formula is C24H31N5O2. The van der Waals surface area contributed by atoms with Gasteiger partial charge in [-0.1, -0.05) is 32.9 Å². The number of aromatic amines is 1. The molecule has 2 heterocycles. The molecule has 7 nitrogen and oxygen atoms in total. The van der Waals surface area contributed by atoms with E-state index in [1.165, 1.54) is 18.5 Å². The first-order valence-electron chi connectivity index (χ1n) is 10.8. The second kappa shape index (κ2) is 8.57. The first-order valence-corrected chi connectivity index (χ1v) is 10.8. The van der Waals surface area contributed by atoms with E-state index in [0.717, 1.165) is 35.7 Å². The van der Waals surface area contributed by atoms with E-state index in [2.05, 4.69) is 64.5 Å². The second-order valence-corrected chi connectivity index (χ2v) is 9.16. The van der Waals surface area contributed by atoms with Crippen LogP contribution in [0.2, 0.25) is 0 Å². The summed E-state index contributed by atoms with van der Waals surface area (Å²) in [5.41, 5.74) is 4.53. The Bertz CT molecular complexity index is 1020. The normalized spacial score (nSPS) is 15.2. The summed E-state index contributed by atoms with van der Waals surface area (Å²) in [5, 5.41) is 14.9. The molecule has 0 radical (unpaired) electrons. The lowest BCUT2D eigenvalue weighted by Crippen LogP contribution is -2.38. The molecule has 1 N–H and O–H groups in total. The molecule has 4 rings (SSSR count). The zero-order chi connectivity index (χ0) is 22.0. The number of H-pyrrole nitrogens is 1. The van der Waals surface area contributed by atoms with Gasteiger partial charge < -0.3 is 14.4 Å². The maximum Gasteiger partial charge on any atom is 0.205 e. The molecule has 1 aliphatic heterocycles. The highest BCUT2D eigenvalue weighted by atomic mass is 16.5. The summed E-state index contributed by atoms with van der Waals surface area (Å²) < 4.78 is 10.9. The number of piperidine rings is 1. The van der Waals surface area contributed by atoms with E-state index in [1.807, 2.05) is 18.2 Å². The fourth-order valence-corrected chi connectivity index (χ4v) is 4.45. The van der Waals surface area contributed by atoms with Crippen molar-refractivity contribution >= 4 is 5.69 Å². The lowest BCUT2D eigenvalue weighted by Gasteiger charge is -2.40. The Balaban J connectivity index is 1.69. The predicted molar refractivity (Wildman–Crippen MR) is 123 cm³/mol. The Labute approximate surface area is 183 Å². The number of aromatic nitrogens is 4. The first-order chi connectivity index (χ1) is 14.9. The van der Waals surface area contributed by atoms with E-state index in [-0.39, 0.29) is 0 Å². The average molecular weight is 422 g/mol. The minimum absolute atomic E-state index is 0.360. The van der Waals surface area contributed by atoms with E-state index >= 15 is 0 Å². The fourth-order valence-electron chi connectivity index (χ4n) is 4.45. The molecule has 0 bridgehead atoms. The summed E-state index contributed by atoms with van der Waals surface area (Å²) in [6.07, 6.45) is 2.41. The Kier molecular flexibility index (Phi) is 5.85. The minimum atomic E-state index is 0.360. The smallest absolute Gasteiger partial charge is 0.205 e. The molecule has 1 aliphatic rings. The van der Waals surface area contributed by atoms with Crippen molar-refractivity contribution in [1.29, 1.82) is 0 Å². The zero-order valence-electron chi connectivity index (χ0n) is 19.0. The Morgan fingerprint density at radius 2 is 1.68 bits per heavy atom. The molecule has 3 aromatic rings. The van der Waals surface area contributed by atoms with Crippen LogP contribution in [0.4, 0.5) is 5.69 Å². The van der Waals surface area contributed by atoms with Crippen molar-refractivity contribution in [2.75, 3.05) is 32.2 Å². The maximum absolute atomic E-state index is 5.50. The van der Waals surface area contributed by atoms with E-state index in [4.69, 9.17) is 9.47 Å². The molecule has 0 aliphatic carbocycles. The molecule has 7 heteroatoms. The van der Waals surface area contributed by atoms with Gasteiger partial charge in [0.2, 0.25) is 5.82 Å². The van der Waals surface area contributed by atoms with Gasteiger partial charge in [0.25, 0.3) is 0 Å². The van der Waals surface area contributed by atoms with Crippen molar-refractivity contribution in [2.45, 2.75) is 33.6 Å². The number of tetrazole rings is 1. The SMILES string of the molecule is COc1ccc(-c2ccc(N3CCC(C(C)(C)C)CC3)cc2-c2nn[nH]n2)cc1OC. The zero-order valence-corrected chi connectivity index (χ0v) is 19.0. The van der Waals surface area contributed by atoms with Gasteiger partial charge in [0.05, 0.1) is 14.2 Å². The van der Waals surface area contributed by atoms with Crippen LogP contribution in [0.5, 0.6) is 11.5 Å². The third-order valence-corrected chi connectivity index (χ3v) is 6.37. The summed E-state index contributed by atoms with van der Waals surface area (Å²) in [4.78, 5) is 2.46. The highest BCUT2D eigenvalue weighted by Gasteiger charge is 2.29. The lowest BCUT2D eigenvalue weighted by atomic mass is 9.75. The number of methoxy groups -OCH3 is 2. The second-order valence-electron chi connectivity index (χ2n) is 9.16. The van der Waals surface area contributed by atoms with Gasteiger partial charge in [0.15, 0.2) is 11.5 Å². The van der Waals surface area contributed by atoms with Gasteiger partial charge in [-0.25, -0.2) is 0 Å². The molecule has 0 atom stereocenters. The fraction of sp³-hybridized carbons (Fsp3) is 0.458. The summed E-state index contributed by atoms with van der Waals surface area (Å²) in [6, 6.07) is 12.4. The first kappa shape index (κ1) is 21.2. The molecule has 1 fully saturated rings. The van der Waals surface area contributed by atoms with Gasteiger partial charge in [0.1, 0.15) is 0 Å². The van der Waals surface area contributed by atoms with Crippen molar-refractivity contribution in [2.24, 2.45) is 11.3 Å². The van der Waals surface area contributed by atoms with E-state index in [9.17, 15) is 0 Å². The van der Waals surface area contributed by atoms with Crippen LogP contribution in [0, 0.1) is 11.3 Å². The molecule has 31 heavy (non-hydrogen) atoms. The number of hydrogen-bond donors (Lipinski definition) is 1. The van der Waals surface area contributed by atoms with Crippen LogP contribution in [0.3, 0.4) is 0 Å². The maximum atomic E-state index is 5.50. The molecular weight excluding hydrogens is 390 g/mol. The van der Waals surface area contributed by atoms with Crippen LogP contribution in [-0.2, 0) is 0 Å². The lowest BCUT2D eigenvalue weighted by molar-refractivity contribution is 0.199. The molecule has 0 amide bonds. The van der Waals surface area contributed by atoms with Crippen LogP contribution in [0.1, 0.15) is 33.6 Å². The standard InChI is InChI=1S/C24H31N5O2/c1-24(2,3)17-10-12-29(13-11-17)18-7-8-19(20(15-18)23-25-27-28-26-23)16-6-9-21(30-4)22(14-16)31-5/h6-9,14-15,17H,10-13H2,1-5H3,(H,25,26,27,28). The number of hydrogen-bond acceptors (Lipinski definition) is 6. The largest absolute Gasteiger partial charge is 0.493 e. The molecule has 0 saturated carbocycles. The quantitative estimate of drug-likeness (QED) is 0.637. The monoisotopic (exact) mass is 421 g/mol. The highest BCUT2D eigenvalue weighted by molar-refractivity contribution is 5.84. The van der Waals surface area contributed by atoms with Gasteiger partial charge in [-0.05, 0) is 64.8 Å². The van der Waals surface area contributed by atoms with Crippen LogP contribution in [0.15, 0.2) is 36.4 Å². The van der Waals surface area contributed by atoms with Gasteiger partial charge in [-0.2, -0.15) is 5.21 Å². The Hall–Kier alpha value is -3.09. The molecule has 0 unspecified atom stereocenters. The Morgan fingerprint density at radius 3 is 2.29 bits per heavy atom. The molecule has 1 saturated heterocycles. The predicted octanol–water partition coefficient (Wildman–Crippen LogP) is 4.81. The number of rotatable bonds is 5. The van der Waals surface area contributed by atoms with Gasteiger partial charge in [0, 0.05) is 24.3 Å². The van der Waals surface area contributed by atoms with Crippen LogP contribution in [0.25, 0.3) is 22.5 Å². The summed E-state index contributed by atoms with van der Waals surface area (Å²) in [7, 11) is 3.28. The topological polar surface area (TPSA) is 76.2 Å². The summed E-state index contributed by atoms with van der Waals surface area (Å²) in [5.74, 6) is 2.72. The third-order valence-electron chi connectivity index (χ3n) is 6.37. The third kappa shape index (κ3) is 4.36. The summed E-state index contributed by atoms with van der Waals surface area (Å²) in [6.45, 7) is 9.16. The molecule has 1 aromatic heterocycles. The molecule has 2 aromatic carbocycles. The van der Waals surface area contributed by atoms with Gasteiger partial charge >= 0.3 is 0 Å². The van der Waals surface area contributed by atoms with Crippen molar-refractivity contribution in [1.82, 2.24) is 20.6 Å². The van der Waals surface area contributed by atoms with Crippen molar-refractivity contribution in [3.63, 3.8) is 0 Å². The van der Waals surface area contributed by atoms with Crippen molar-refractivity contribution in [3.8, 4) is 34.0 Å². The molecule has 0 spiro atoms. The van der Waals surface area contributed by atoms with E-state index in [0.29, 0.717) is 22.7 Å². The summed E-state index contributed by atoms with van der Waals surface area (Å²) >= 11 is 0. The highest BCUT2D eigenvalue weighted by Crippen LogP contribution is 2.40. The average Bonchev–Trinajstić information content (AvgIpc) is 3.32. The number of ether oxygens (including phenoxy) is 2. The van der Waals surface area contributed by atoms with Crippen LogP contribution >= 0.6 is 0 Å². The number of nitrogens with zero attached hydrogens (tertiary/aromatic N) is 4. The number of nitrogens with one attached hydrogen (secondary N) is 1. The minimum Gasteiger partial charge on any atom is -0.493 e. The van der Waals surface area contributed by atoms with Gasteiger partial charge in [-0.3, -0.25) is 0 Å². The van der Waals surface area contributed by atoms with Gasteiger partial charge in [-0.15, -0.1) is 10.2 Å². The van der Waals surface area contributed by atoms with E-state index in [1.54, 1.807) is 14.2 Å². The van der Waals surface area contributed by atoms with E-state index < -0.39 is 0 Å². The number of benzene rings is 2. The van der Waals surface area contributed by atoms with Crippen molar-refractivity contribution < 1.29 is 9.47 Å². The van der Waals surface area contributed by atoms with Crippen LogP contribution in [-0.4, -0.2) is 47.9 Å². The Morgan fingerprint density at radius 1 is 0.935 bits per heavy atom. The van der Waals surface area contributed by atoms with Crippen LogP contribution < -0.4 is 14.4 Å². The molecule has 164 valence electrons.